The number of hydrogen-bond donors (Lipinski definition) is 1. The molecule has 0 bridgehead atoms. The van der Waals surface area contributed by atoms with E-state index in [4.69, 9.17) is 25.4 Å². The van der Waals surface area contributed by atoms with E-state index in [1.807, 2.05) is 36.4 Å². The molecule has 1 N–H and O–H groups in total. The summed E-state index contributed by atoms with van der Waals surface area (Å²) >= 11 is 1.96. The van der Waals surface area contributed by atoms with Gasteiger partial charge in [0.1, 0.15) is 0 Å². The van der Waals surface area contributed by atoms with Crippen LogP contribution in [0.25, 0.3) is 0 Å². The van der Waals surface area contributed by atoms with E-state index in [1.54, 1.807) is 0 Å². The molecule has 4 saturated heterocycles. The molecule has 17 nitrogen and oxygen atoms in total. The molecule has 0 saturated carbocycles. The van der Waals surface area contributed by atoms with Crippen LogP contribution in [0.5, 0.6) is 0 Å². The van der Waals surface area contributed by atoms with Crippen molar-refractivity contribution in [1.29, 1.82) is 0 Å². The molecular weight excluding hydrogens is 751 g/mol. The quantitative estimate of drug-likeness (QED) is 0.149. The fourth-order valence-electron chi connectivity index (χ4n) is 6.16. The van der Waals surface area contributed by atoms with Gasteiger partial charge < -0.3 is 24.1 Å². The van der Waals surface area contributed by atoms with Gasteiger partial charge in [-0.05, 0) is 4.91 Å². The van der Waals surface area contributed by atoms with E-state index in [-0.39, 0.29) is 59.3 Å². The number of ether oxygens (including phenoxy) is 4. The monoisotopic (exact) mass is 801 g/mol. The second-order valence-electron chi connectivity index (χ2n) is 10.3. The fraction of sp³-hybridized carbons (Fsp3) is 0.733. The zero-order valence-electron chi connectivity index (χ0n) is 28.7. The van der Waals surface area contributed by atoms with Crippen molar-refractivity contribution in [3.8, 4) is 0 Å². The molecule has 0 aliphatic carbocycles. The van der Waals surface area contributed by atoms with Crippen LogP contribution >= 0.6 is 22.6 Å². The summed E-state index contributed by atoms with van der Waals surface area (Å²) in [5.41, 5.74) is 0. The van der Waals surface area contributed by atoms with Crippen LogP contribution in [0.4, 0.5) is 0 Å². The van der Waals surface area contributed by atoms with Crippen molar-refractivity contribution >= 4 is 70.1 Å². The van der Waals surface area contributed by atoms with Crippen molar-refractivity contribution < 1.29 is 63.8 Å². The second kappa shape index (κ2) is 20.1. The lowest BCUT2D eigenvalue weighted by Crippen LogP contribution is -2.79. The van der Waals surface area contributed by atoms with Crippen molar-refractivity contribution in [2.24, 2.45) is 23.7 Å². The average molecular weight is 802 g/mol. The summed E-state index contributed by atoms with van der Waals surface area (Å²) in [6.45, 7) is 2.55. The average Bonchev–Trinajstić information content (AvgIpc) is 3.89. The van der Waals surface area contributed by atoms with Gasteiger partial charge in [0.05, 0.1) is 52.1 Å². The van der Waals surface area contributed by atoms with Gasteiger partial charge in [-0.15, -0.1) is 0 Å². The first-order valence-corrected chi connectivity index (χ1v) is 16.2. The number of amides is 4. The number of carbonyl (C=O) groups excluding carboxylic acids is 8. The number of likely N-dealkylation sites (tertiary alicyclic amines) is 4. The maximum Gasteiger partial charge on any atom is 0.310 e. The number of carbonyl (C=O) groups is 8. The van der Waals surface area contributed by atoms with Crippen LogP contribution < -0.4 is 0 Å². The topological polar surface area (TPSA) is 207 Å². The molecule has 4 amide bonds. The third kappa shape index (κ3) is 8.53. The third-order valence-electron chi connectivity index (χ3n) is 8.09. The second-order valence-corrected chi connectivity index (χ2v) is 10.3. The number of hydrogen-bond acceptors (Lipinski definition) is 13. The van der Waals surface area contributed by atoms with Crippen molar-refractivity contribution in [3.63, 3.8) is 0 Å². The van der Waals surface area contributed by atoms with Crippen molar-refractivity contribution in [2.75, 3.05) is 66.6 Å². The van der Waals surface area contributed by atoms with E-state index in [0.29, 0.717) is 4.91 Å². The lowest BCUT2D eigenvalue weighted by atomic mass is 10.1. The van der Waals surface area contributed by atoms with E-state index < -0.39 is 77.1 Å². The summed E-state index contributed by atoms with van der Waals surface area (Å²) in [6.07, 6.45) is -1.44. The molecule has 0 aromatic rings. The van der Waals surface area contributed by atoms with E-state index >= 15 is 0 Å². The summed E-state index contributed by atoms with van der Waals surface area (Å²) in [4.78, 5) is 109. The minimum atomic E-state index is -2.33. The number of esters is 4. The number of halogens is 1. The van der Waals surface area contributed by atoms with Gasteiger partial charge >= 0.3 is 23.9 Å². The van der Waals surface area contributed by atoms with Gasteiger partial charge in [-0.2, -0.15) is 0 Å². The van der Waals surface area contributed by atoms with Gasteiger partial charge in [0.25, 0.3) is 5.91 Å². The Balaban J connectivity index is 0.00000268. The first-order valence-electron chi connectivity index (χ1n) is 15.4. The van der Waals surface area contributed by atoms with Crippen LogP contribution in [0.1, 0.15) is 48.3 Å². The van der Waals surface area contributed by atoms with Gasteiger partial charge in [0.2, 0.25) is 23.6 Å². The summed E-state index contributed by atoms with van der Waals surface area (Å²) in [7, 11) is 5.57. The molecule has 18 heteroatoms. The number of aliphatic hydroxyl groups is 1. The van der Waals surface area contributed by atoms with Crippen molar-refractivity contribution in [3.05, 3.63) is 0 Å². The standard InChI is InChI=1S/C25H32N4O12.C2H6.CH3I.CH4O.CH4/c1-38-21(34)13-5-17(30)26(9-13)25(27-10-14(6-18(27)31)22(35)39-2,28-11-15(7-19(28)32)23(36)40-3)29-12-16(8-20(29)33)24(37)41-4;3*1-2;/h13-16H,5-12H2,1-4H3;1-2H3;1H3;2H,1H3;1H4/i;;1D;;. The molecule has 4 atom stereocenters. The van der Waals surface area contributed by atoms with Crippen molar-refractivity contribution in [1.82, 2.24) is 19.6 Å². The van der Waals surface area contributed by atoms with Crippen LogP contribution in [0.2, 0.25) is 0 Å². The molecular formula is C30H49IN4O13. The summed E-state index contributed by atoms with van der Waals surface area (Å²) in [5.74, 6) is -12.1. The predicted octanol–water partition coefficient (Wildman–Crippen LogP) is 0.00570. The Kier molecular flexibility index (Phi) is 17.8. The Bertz CT molecular complexity index is 1040. The molecule has 48 heavy (non-hydrogen) atoms. The Labute approximate surface area is 296 Å². The van der Waals surface area contributed by atoms with E-state index in [2.05, 4.69) is 0 Å². The summed E-state index contributed by atoms with van der Waals surface area (Å²) in [5, 5.41) is 7.00. The molecule has 0 spiro atoms. The Hall–Kier alpha value is -3.55. The molecule has 4 heterocycles. The highest BCUT2D eigenvalue weighted by atomic mass is 127. The SMILES string of the molecule is C.CC.CO.COC(=O)C1CC(=O)N(C(N2CC(C(=O)OC)CC2=O)(N2CC(C(=O)OC)CC2=O)N2CC(C(=O)OC)CC2=O)C1.[2H]CI. The van der Waals surface area contributed by atoms with Gasteiger partial charge in [0, 0.05) is 60.3 Å². The van der Waals surface area contributed by atoms with Crippen LogP contribution in [-0.4, -0.2) is 145 Å². The van der Waals surface area contributed by atoms with E-state index in [0.717, 1.165) is 55.1 Å². The molecule has 4 rings (SSSR count). The molecule has 0 aromatic heterocycles. The smallest absolute Gasteiger partial charge is 0.310 e. The first kappa shape index (κ1) is 42.5. The maximum atomic E-state index is 13.7. The summed E-state index contributed by atoms with van der Waals surface area (Å²) in [6, 6.07) is 0. The normalized spacial score (nSPS) is 24.4. The molecule has 0 radical (unpaired) electrons. The van der Waals surface area contributed by atoms with Crippen molar-refractivity contribution in [2.45, 2.75) is 52.9 Å². The minimum absolute atomic E-state index is 0. The Morgan fingerprint density at radius 1 is 0.604 bits per heavy atom. The highest BCUT2D eigenvalue weighted by Gasteiger charge is 2.66. The molecule has 4 fully saturated rings. The molecule has 4 aliphatic rings. The van der Waals surface area contributed by atoms with Crippen LogP contribution in [0.3, 0.4) is 0 Å². The molecule has 4 aliphatic heterocycles. The van der Waals surface area contributed by atoms with E-state index in [1.165, 1.54) is 0 Å². The molecule has 0 aromatic carbocycles. The number of alkyl halides is 1. The van der Waals surface area contributed by atoms with Crippen LogP contribution in [0.15, 0.2) is 0 Å². The van der Waals surface area contributed by atoms with Crippen LogP contribution in [-0.2, 0) is 57.3 Å². The zero-order valence-corrected chi connectivity index (χ0v) is 29.8. The molecule has 274 valence electrons. The number of nitrogens with zero attached hydrogens (tertiary/aromatic N) is 4. The maximum absolute atomic E-state index is 13.7. The first-order chi connectivity index (χ1) is 22.8. The predicted molar refractivity (Wildman–Crippen MR) is 176 cm³/mol. The number of aliphatic hydroxyl groups excluding tert-OH is 1. The number of methoxy groups -OCH3 is 4. The minimum Gasteiger partial charge on any atom is -0.469 e. The number of rotatable bonds is 8. The van der Waals surface area contributed by atoms with Gasteiger partial charge in [-0.1, -0.05) is 43.9 Å². The lowest BCUT2D eigenvalue weighted by molar-refractivity contribution is -0.232. The highest BCUT2D eigenvalue weighted by molar-refractivity contribution is 14.1. The van der Waals surface area contributed by atoms with Gasteiger partial charge in [-0.25, -0.2) is 0 Å². The van der Waals surface area contributed by atoms with Gasteiger partial charge in [0.15, 0.2) is 0 Å². The lowest BCUT2D eigenvalue weighted by Gasteiger charge is -2.56. The van der Waals surface area contributed by atoms with Gasteiger partial charge in [-0.3, -0.25) is 58.0 Å². The third-order valence-corrected chi connectivity index (χ3v) is 8.09. The fourth-order valence-corrected chi connectivity index (χ4v) is 6.16. The summed E-state index contributed by atoms with van der Waals surface area (Å²) < 4.78 is 25.5. The zero-order chi connectivity index (χ0) is 36.9. The Morgan fingerprint density at radius 2 is 0.771 bits per heavy atom. The molecule has 4 unspecified atom stereocenters. The van der Waals surface area contributed by atoms with Crippen LogP contribution in [0, 0.1) is 23.7 Å². The highest BCUT2D eigenvalue weighted by Crippen LogP contribution is 2.44. The van der Waals surface area contributed by atoms with E-state index in [9.17, 15) is 38.4 Å². The Morgan fingerprint density at radius 3 is 0.917 bits per heavy atom. The largest absolute Gasteiger partial charge is 0.469 e.